The van der Waals surface area contributed by atoms with Crippen molar-refractivity contribution in [3.8, 4) is 0 Å². The highest BCUT2D eigenvalue weighted by atomic mass is 32.3. The van der Waals surface area contributed by atoms with E-state index in [1.165, 1.54) is 0 Å². The molecule has 0 spiro atoms. The van der Waals surface area contributed by atoms with Gasteiger partial charge in [-0.15, -0.1) is 0 Å². The molecule has 94 valence electrons. The Kier molecular flexibility index (Phi) is 5.56. The minimum Gasteiger partial charge on any atom is -0.350 e. The molecule has 0 heterocycles. The molecule has 0 aromatic rings. The Morgan fingerprint density at radius 3 is 1.20 bits per heavy atom. The molecule has 15 heavy (non-hydrogen) atoms. The monoisotopic (exact) mass is 266 g/mol. The van der Waals surface area contributed by atoms with Gasteiger partial charge < -0.3 is 5.11 Å². The zero-order valence-corrected chi connectivity index (χ0v) is 7.23. The molecular weight excluding hydrogens is 262 g/mol. The predicted octanol–water partition coefficient (Wildman–Crippen LogP) is 0.819. The molecular formula is C3H4F6O5S. The van der Waals surface area contributed by atoms with E-state index in [2.05, 4.69) is 0 Å². The highest BCUT2D eigenvalue weighted by Gasteiger charge is 2.62. The van der Waals surface area contributed by atoms with Gasteiger partial charge in [0.05, 0.1) is 0 Å². The zero-order valence-electron chi connectivity index (χ0n) is 6.41. The van der Waals surface area contributed by atoms with Crippen molar-refractivity contribution in [3.05, 3.63) is 0 Å². The van der Waals surface area contributed by atoms with Crippen LogP contribution >= 0.6 is 0 Å². The third-order valence-electron chi connectivity index (χ3n) is 0.687. The molecule has 0 rings (SSSR count). The summed E-state index contributed by atoms with van der Waals surface area (Å²) in [5.74, 6) is -5.40. The second-order valence-corrected chi connectivity index (χ2v) is 2.82. The maximum atomic E-state index is 11.4. The molecule has 0 aliphatic carbocycles. The smallest absolute Gasteiger partial charge is 0.350 e. The summed E-state index contributed by atoms with van der Waals surface area (Å²) in [4.78, 5) is 0. The first-order chi connectivity index (χ1) is 6.19. The van der Waals surface area contributed by atoms with Gasteiger partial charge in [-0.3, -0.25) is 9.11 Å². The van der Waals surface area contributed by atoms with Gasteiger partial charge in [-0.2, -0.15) is 26.0 Å². The van der Waals surface area contributed by atoms with Crippen molar-refractivity contribution < 1.29 is 49.0 Å². The van der Waals surface area contributed by atoms with Crippen LogP contribution in [0.15, 0.2) is 0 Å². The summed E-state index contributed by atoms with van der Waals surface area (Å²) < 4.78 is 97.8. The van der Waals surface area contributed by atoms with Crippen molar-refractivity contribution in [1.82, 2.24) is 0 Å². The second-order valence-electron chi connectivity index (χ2n) is 1.92. The van der Waals surface area contributed by atoms with Crippen molar-refractivity contribution >= 4 is 10.4 Å². The molecule has 0 fully saturated rings. The largest absolute Gasteiger partial charge is 0.454 e. The summed E-state index contributed by atoms with van der Waals surface area (Å²) in [5.41, 5.74) is 0. The van der Waals surface area contributed by atoms with E-state index in [0.29, 0.717) is 0 Å². The summed E-state index contributed by atoms with van der Waals surface area (Å²) >= 11 is 0. The molecule has 0 aliphatic rings. The first-order valence-corrected chi connectivity index (χ1v) is 4.05. The maximum Gasteiger partial charge on any atom is 0.454 e. The Labute approximate surface area is 78.9 Å². The van der Waals surface area contributed by atoms with E-state index in [9.17, 15) is 26.3 Å². The standard InChI is InChI=1S/C3H2F6O.H2O4S/c4-1(5)2(6,10)3(7,8)9;1-5(2,3)4/h1,10H;(H2,1,2,3,4). The minimum absolute atomic E-state index is 4.48. The van der Waals surface area contributed by atoms with Gasteiger partial charge in [-0.25, -0.2) is 8.78 Å². The molecule has 12 heteroatoms. The van der Waals surface area contributed by atoms with Crippen molar-refractivity contribution in [2.24, 2.45) is 0 Å². The average molecular weight is 266 g/mol. The Balaban J connectivity index is 0. The Morgan fingerprint density at radius 2 is 1.20 bits per heavy atom. The molecule has 0 aromatic carbocycles. The van der Waals surface area contributed by atoms with Gasteiger partial charge in [0.1, 0.15) is 0 Å². The molecule has 1 unspecified atom stereocenters. The Bertz CT molecular complexity index is 272. The zero-order chi connectivity index (χ0) is 13.1. The number of alkyl halides is 6. The van der Waals surface area contributed by atoms with E-state index < -0.39 is 28.9 Å². The third-order valence-corrected chi connectivity index (χ3v) is 0.687. The van der Waals surface area contributed by atoms with Crippen LogP contribution in [0.2, 0.25) is 0 Å². The molecule has 1 atom stereocenters. The molecule has 0 saturated carbocycles. The normalized spacial score (nSPS) is 16.7. The minimum atomic E-state index is -5.94. The fraction of sp³-hybridized carbons (Fsp3) is 1.00. The van der Waals surface area contributed by atoms with Crippen LogP contribution in [0.5, 0.6) is 0 Å². The first kappa shape index (κ1) is 16.8. The van der Waals surface area contributed by atoms with E-state index in [4.69, 9.17) is 22.6 Å². The molecule has 0 saturated heterocycles. The molecule has 0 radical (unpaired) electrons. The summed E-state index contributed by atoms with van der Waals surface area (Å²) in [7, 11) is -4.67. The van der Waals surface area contributed by atoms with Gasteiger partial charge in [-0.05, 0) is 0 Å². The lowest BCUT2D eigenvalue weighted by Gasteiger charge is -2.20. The first-order valence-electron chi connectivity index (χ1n) is 2.65. The van der Waals surface area contributed by atoms with E-state index in [0.717, 1.165) is 0 Å². The lowest BCUT2D eigenvalue weighted by atomic mass is 10.3. The van der Waals surface area contributed by atoms with Crippen LogP contribution in [0, 0.1) is 0 Å². The van der Waals surface area contributed by atoms with Crippen LogP contribution < -0.4 is 0 Å². The third kappa shape index (κ3) is 8.41. The van der Waals surface area contributed by atoms with Gasteiger partial charge >= 0.3 is 28.9 Å². The topological polar surface area (TPSA) is 94.8 Å². The Hall–Kier alpha value is -0.590. The van der Waals surface area contributed by atoms with E-state index in [1.807, 2.05) is 0 Å². The molecule has 3 N–H and O–H groups in total. The highest BCUT2D eigenvalue weighted by molar-refractivity contribution is 7.79. The number of rotatable bonds is 1. The van der Waals surface area contributed by atoms with Crippen LogP contribution in [0.4, 0.5) is 26.3 Å². The van der Waals surface area contributed by atoms with Crippen LogP contribution in [0.25, 0.3) is 0 Å². The predicted molar refractivity (Wildman–Crippen MR) is 32.3 cm³/mol. The number of halogens is 6. The number of hydrogen-bond donors (Lipinski definition) is 3. The van der Waals surface area contributed by atoms with E-state index in [1.54, 1.807) is 0 Å². The SMILES string of the molecule is O=S(=O)(O)O.OC(F)(C(F)F)C(F)(F)F. The summed E-state index contributed by atoms with van der Waals surface area (Å²) in [6.07, 6.45) is -10.4. The Morgan fingerprint density at radius 1 is 1.00 bits per heavy atom. The molecule has 0 amide bonds. The van der Waals surface area contributed by atoms with Crippen molar-refractivity contribution in [2.75, 3.05) is 0 Å². The lowest BCUT2D eigenvalue weighted by molar-refractivity contribution is -0.352. The number of aliphatic hydroxyl groups is 1. The average Bonchev–Trinajstić information content (AvgIpc) is 1.79. The lowest BCUT2D eigenvalue weighted by Crippen LogP contribution is -2.47. The van der Waals surface area contributed by atoms with Gasteiger partial charge in [-0.1, -0.05) is 0 Å². The van der Waals surface area contributed by atoms with Crippen molar-refractivity contribution in [3.63, 3.8) is 0 Å². The molecule has 0 aromatic heterocycles. The van der Waals surface area contributed by atoms with Crippen LogP contribution in [0.1, 0.15) is 0 Å². The summed E-state index contributed by atoms with van der Waals surface area (Å²) in [5, 5.41) is 7.39. The summed E-state index contributed by atoms with van der Waals surface area (Å²) in [6, 6.07) is 0. The van der Waals surface area contributed by atoms with Crippen LogP contribution in [-0.4, -0.2) is 41.1 Å². The summed E-state index contributed by atoms with van der Waals surface area (Å²) in [6.45, 7) is 0. The highest BCUT2D eigenvalue weighted by Crippen LogP contribution is 2.36. The fourth-order valence-electron chi connectivity index (χ4n) is 0.124. The van der Waals surface area contributed by atoms with Gasteiger partial charge in [0.2, 0.25) is 0 Å². The fourth-order valence-corrected chi connectivity index (χ4v) is 0.124. The van der Waals surface area contributed by atoms with Gasteiger partial charge in [0, 0.05) is 0 Å². The van der Waals surface area contributed by atoms with Gasteiger partial charge in [0.15, 0.2) is 0 Å². The second kappa shape index (κ2) is 4.96. The van der Waals surface area contributed by atoms with Crippen molar-refractivity contribution in [2.45, 2.75) is 18.5 Å². The quantitative estimate of drug-likeness (QED) is 0.482. The number of hydrogen-bond acceptors (Lipinski definition) is 3. The molecule has 0 aliphatic heterocycles. The van der Waals surface area contributed by atoms with Crippen molar-refractivity contribution in [1.29, 1.82) is 0 Å². The maximum absolute atomic E-state index is 11.4. The van der Waals surface area contributed by atoms with Crippen LogP contribution in [0.3, 0.4) is 0 Å². The van der Waals surface area contributed by atoms with E-state index in [-0.39, 0.29) is 0 Å². The molecule has 5 nitrogen and oxygen atoms in total. The van der Waals surface area contributed by atoms with E-state index >= 15 is 0 Å². The van der Waals surface area contributed by atoms with Gasteiger partial charge in [0.25, 0.3) is 0 Å². The molecule has 0 bridgehead atoms. The van der Waals surface area contributed by atoms with Crippen LogP contribution in [-0.2, 0) is 10.4 Å².